The number of sulfonamides is 1. The van der Waals surface area contributed by atoms with E-state index in [1.54, 1.807) is 28.6 Å². The van der Waals surface area contributed by atoms with E-state index in [1.807, 2.05) is 25.1 Å². The molecule has 0 unspecified atom stereocenters. The number of rotatable bonds is 4. The van der Waals surface area contributed by atoms with E-state index in [0.717, 1.165) is 24.0 Å². The monoisotopic (exact) mass is 359 g/mol. The van der Waals surface area contributed by atoms with Gasteiger partial charge in [0, 0.05) is 13.1 Å². The van der Waals surface area contributed by atoms with Crippen molar-refractivity contribution in [2.75, 3.05) is 13.1 Å². The van der Waals surface area contributed by atoms with Crippen LogP contribution in [0.25, 0.3) is 6.08 Å². The second-order valence-corrected chi connectivity index (χ2v) is 8.40. The number of hydrogen-bond acceptors (Lipinski definition) is 2. The fourth-order valence-electron chi connectivity index (χ4n) is 2.99. The molecule has 1 heterocycles. The van der Waals surface area contributed by atoms with E-state index < -0.39 is 10.0 Å². The lowest BCUT2D eigenvalue weighted by atomic mass is 9.97. The second kappa shape index (κ2) is 7.50. The van der Waals surface area contributed by atoms with Crippen molar-refractivity contribution < 1.29 is 12.8 Å². The molecule has 0 bridgehead atoms. The van der Waals surface area contributed by atoms with Crippen LogP contribution >= 0.6 is 0 Å². The predicted molar refractivity (Wildman–Crippen MR) is 98.1 cm³/mol. The zero-order chi connectivity index (χ0) is 17.9. The van der Waals surface area contributed by atoms with Gasteiger partial charge in [0.05, 0.1) is 4.90 Å². The predicted octanol–water partition coefficient (Wildman–Crippen LogP) is 4.25. The first-order valence-electron chi connectivity index (χ1n) is 8.46. The Bertz CT molecular complexity index is 834. The van der Waals surface area contributed by atoms with Gasteiger partial charge in [0.2, 0.25) is 10.0 Å². The van der Waals surface area contributed by atoms with Gasteiger partial charge < -0.3 is 0 Å². The molecule has 0 atom stereocenters. The van der Waals surface area contributed by atoms with Crippen LogP contribution in [0.1, 0.15) is 24.0 Å². The van der Waals surface area contributed by atoms with Crippen LogP contribution in [0.3, 0.4) is 0 Å². The van der Waals surface area contributed by atoms with E-state index in [-0.39, 0.29) is 5.82 Å². The van der Waals surface area contributed by atoms with Gasteiger partial charge >= 0.3 is 0 Å². The molecule has 0 aliphatic carbocycles. The largest absolute Gasteiger partial charge is 0.243 e. The lowest BCUT2D eigenvalue weighted by Gasteiger charge is -2.30. The van der Waals surface area contributed by atoms with E-state index in [2.05, 4.69) is 6.08 Å². The SMILES string of the molecule is Cc1ccc(S(=O)(=O)N2CCC(/C=C/c3ccc(F)cc3)CC2)cc1. The molecule has 0 radical (unpaired) electrons. The molecule has 5 heteroatoms. The molecule has 3 nitrogen and oxygen atoms in total. The van der Waals surface area contributed by atoms with Crippen molar-refractivity contribution in [2.24, 2.45) is 5.92 Å². The molecule has 0 N–H and O–H groups in total. The van der Waals surface area contributed by atoms with Crippen molar-refractivity contribution in [2.45, 2.75) is 24.7 Å². The van der Waals surface area contributed by atoms with Crippen molar-refractivity contribution in [1.29, 1.82) is 0 Å². The second-order valence-electron chi connectivity index (χ2n) is 6.47. The summed E-state index contributed by atoms with van der Waals surface area (Å²) in [5.74, 6) is 0.0984. The van der Waals surface area contributed by atoms with Crippen LogP contribution in [-0.4, -0.2) is 25.8 Å². The average molecular weight is 359 g/mol. The molecule has 1 saturated heterocycles. The summed E-state index contributed by atoms with van der Waals surface area (Å²) in [5, 5.41) is 0. The Kier molecular flexibility index (Phi) is 5.35. The Hall–Kier alpha value is -1.98. The number of nitrogens with zero attached hydrogens (tertiary/aromatic N) is 1. The maximum Gasteiger partial charge on any atom is 0.243 e. The van der Waals surface area contributed by atoms with Gasteiger partial charge in [-0.25, -0.2) is 12.8 Å². The van der Waals surface area contributed by atoms with Gasteiger partial charge in [0.25, 0.3) is 0 Å². The molecule has 1 aliphatic rings. The van der Waals surface area contributed by atoms with Crippen LogP contribution in [-0.2, 0) is 10.0 Å². The highest BCUT2D eigenvalue weighted by atomic mass is 32.2. The Balaban J connectivity index is 1.61. The van der Waals surface area contributed by atoms with Crippen LogP contribution in [0.15, 0.2) is 59.5 Å². The molecular formula is C20H22FNO2S. The molecule has 25 heavy (non-hydrogen) atoms. The molecule has 1 aliphatic heterocycles. The molecule has 1 fully saturated rings. The third-order valence-electron chi connectivity index (χ3n) is 4.59. The minimum atomic E-state index is -3.41. The maximum absolute atomic E-state index is 12.9. The molecule has 2 aromatic carbocycles. The van der Waals surface area contributed by atoms with E-state index in [0.29, 0.717) is 23.9 Å². The van der Waals surface area contributed by atoms with E-state index in [1.165, 1.54) is 12.1 Å². The molecule has 2 aromatic rings. The van der Waals surface area contributed by atoms with Crippen molar-refractivity contribution in [3.05, 3.63) is 71.6 Å². The summed E-state index contributed by atoms with van der Waals surface area (Å²) >= 11 is 0. The Morgan fingerprint density at radius 1 is 1.00 bits per heavy atom. The van der Waals surface area contributed by atoms with E-state index >= 15 is 0 Å². The zero-order valence-electron chi connectivity index (χ0n) is 14.2. The number of hydrogen-bond donors (Lipinski definition) is 0. The number of allylic oxidation sites excluding steroid dienone is 1. The fourth-order valence-corrected chi connectivity index (χ4v) is 4.46. The number of aryl methyl sites for hydroxylation is 1. The minimum absolute atomic E-state index is 0.244. The van der Waals surface area contributed by atoms with Crippen molar-refractivity contribution in [3.63, 3.8) is 0 Å². The Labute approximate surface area is 148 Å². The number of piperidine rings is 1. The van der Waals surface area contributed by atoms with Crippen molar-refractivity contribution in [3.8, 4) is 0 Å². The van der Waals surface area contributed by atoms with Gasteiger partial charge in [-0.1, -0.05) is 42.0 Å². The lowest BCUT2D eigenvalue weighted by Crippen LogP contribution is -2.38. The first-order valence-corrected chi connectivity index (χ1v) is 9.90. The van der Waals surface area contributed by atoms with Gasteiger partial charge in [0.15, 0.2) is 0 Å². The highest BCUT2D eigenvalue weighted by molar-refractivity contribution is 7.89. The highest BCUT2D eigenvalue weighted by Crippen LogP contribution is 2.25. The number of halogens is 1. The van der Waals surface area contributed by atoms with Gasteiger partial charge in [-0.15, -0.1) is 0 Å². The molecule has 132 valence electrons. The highest BCUT2D eigenvalue weighted by Gasteiger charge is 2.28. The van der Waals surface area contributed by atoms with Gasteiger partial charge in [-0.2, -0.15) is 4.31 Å². The summed E-state index contributed by atoms with van der Waals surface area (Å²) in [5.41, 5.74) is 2.00. The average Bonchev–Trinajstić information content (AvgIpc) is 2.62. The zero-order valence-corrected chi connectivity index (χ0v) is 15.0. The molecule has 0 saturated carbocycles. The first-order chi connectivity index (χ1) is 11.9. The molecule has 0 amide bonds. The Morgan fingerprint density at radius 3 is 2.20 bits per heavy atom. The molecule has 3 rings (SSSR count). The van der Waals surface area contributed by atoms with E-state index in [9.17, 15) is 12.8 Å². The van der Waals surface area contributed by atoms with Crippen molar-refractivity contribution in [1.82, 2.24) is 4.31 Å². The van der Waals surface area contributed by atoms with Crippen LogP contribution < -0.4 is 0 Å². The van der Waals surface area contributed by atoms with Crippen molar-refractivity contribution >= 4 is 16.1 Å². The standard InChI is InChI=1S/C20H22FNO2S/c1-16-2-10-20(11-3-16)25(23,24)22-14-12-18(13-15-22)5-4-17-6-8-19(21)9-7-17/h2-11,18H,12-15H2,1H3/b5-4+. The summed E-state index contributed by atoms with van der Waals surface area (Å²) < 4.78 is 39.9. The maximum atomic E-state index is 12.9. The number of benzene rings is 2. The summed E-state index contributed by atoms with van der Waals surface area (Å²) in [7, 11) is -3.41. The minimum Gasteiger partial charge on any atom is -0.207 e. The van der Waals surface area contributed by atoms with Gasteiger partial charge in [-0.05, 0) is 55.5 Å². The van der Waals surface area contributed by atoms with Gasteiger partial charge in [-0.3, -0.25) is 0 Å². The summed E-state index contributed by atoms with van der Waals surface area (Å²) in [6.07, 6.45) is 5.67. The quantitative estimate of drug-likeness (QED) is 0.818. The summed E-state index contributed by atoms with van der Waals surface area (Å²) in [6, 6.07) is 13.4. The Morgan fingerprint density at radius 2 is 1.60 bits per heavy atom. The fraction of sp³-hybridized carbons (Fsp3) is 0.300. The molecule has 0 aromatic heterocycles. The lowest BCUT2D eigenvalue weighted by molar-refractivity contribution is 0.306. The molecular weight excluding hydrogens is 337 g/mol. The van der Waals surface area contributed by atoms with Crippen LogP contribution in [0.2, 0.25) is 0 Å². The third-order valence-corrected chi connectivity index (χ3v) is 6.50. The van der Waals surface area contributed by atoms with Gasteiger partial charge in [0.1, 0.15) is 5.82 Å². The van der Waals surface area contributed by atoms with Crippen LogP contribution in [0.4, 0.5) is 4.39 Å². The molecule has 0 spiro atoms. The topological polar surface area (TPSA) is 37.4 Å². The third kappa shape index (κ3) is 4.35. The van der Waals surface area contributed by atoms with Crippen LogP contribution in [0.5, 0.6) is 0 Å². The normalized spacial score (nSPS) is 17.2. The summed E-state index contributed by atoms with van der Waals surface area (Å²) in [4.78, 5) is 0.360. The summed E-state index contributed by atoms with van der Waals surface area (Å²) in [6.45, 7) is 2.98. The van der Waals surface area contributed by atoms with E-state index in [4.69, 9.17) is 0 Å². The smallest absolute Gasteiger partial charge is 0.207 e. The van der Waals surface area contributed by atoms with Crippen LogP contribution in [0, 0.1) is 18.7 Å². The first kappa shape index (κ1) is 17.8.